The SMILES string of the molecule is CCCn1ncnc1CC(Cc1cccc(Cl)c1F)NN. The molecule has 0 radical (unpaired) electrons. The summed E-state index contributed by atoms with van der Waals surface area (Å²) in [5.41, 5.74) is 3.25. The van der Waals surface area contributed by atoms with Crippen molar-refractivity contribution >= 4 is 11.6 Å². The molecule has 0 aliphatic heterocycles. The van der Waals surface area contributed by atoms with Gasteiger partial charge in [0.05, 0.1) is 5.02 Å². The van der Waals surface area contributed by atoms with E-state index in [2.05, 4.69) is 22.4 Å². The van der Waals surface area contributed by atoms with Gasteiger partial charge in [-0.3, -0.25) is 16.0 Å². The molecule has 0 aliphatic rings. The number of aryl methyl sites for hydroxylation is 1. The van der Waals surface area contributed by atoms with E-state index in [4.69, 9.17) is 17.4 Å². The molecule has 0 aliphatic carbocycles. The summed E-state index contributed by atoms with van der Waals surface area (Å²) in [6, 6.07) is 4.83. The van der Waals surface area contributed by atoms with Gasteiger partial charge in [0, 0.05) is 19.0 Å². The van der Waals surface area contributed by atoms with Crippen molar-refractivity contribution in [2.45, 2.75) is 38.8 Å². The lowest BCUT2D eigenvalue weighted by Crippen LogP contribution is -2.39. The van der Waals surface area contributed by atoms with Gasteiger partial charge < -0.3 is 0 Å². The lowest BCUT2D eigenvalue weighted by molar-refractivity contribution is 0.474. The first-order chi connectivity index (χ1) is 10.2. The Bertz CT molecular complexity index is 586. The fourth-order valence-electron chi connectivity index (χ4n) is 2.23. The van der Waals surface area contributed by atoms with Crippen molar-refractivity contribution in [1.82, 2.24) is 20.2 Å². The Balaban J connectivity index is 2.09. The highest BCUT2D eigenvalue weighted by Gasteiger charge is 2.16. The number of hydrogen-bond acceptors (Lipinski definition) is 4. The van der Waals surface area contributed by atoms with Gasteiger partial charge in [-0.15, -0.1) is 0 Å². The molecule has 1 atom stereocenters. The molecule has 1 heterocycles. The number of hydrogen-bond donors (Lipinski definition) is 2. The lowest BCUT2D eigenvalue weighted by Gasteiger charge is -2.16. The average Bonchev–Trinajstić information content (AvgIpc) is 2.90. The van der Waals surface area contributed by atoms with Crippen LogP contribution >= 0.6 is 11.6 Å². The van der Waals surface area contributed by atoms with Gasteiger partial charge in [0.2, 0.25) is 0 Å². The van der Waals surface area contributed by atoms with Crippen LogP contribution in [0.5, 0.6) is 0 Å². The minimum Gasteiger partial charge on any atom is -0.271 e. The zero-order chi connectivity index (χ0) is 15.2. The molecule has 0 amide bonds. The van der Waals surface area contributed by atoms with Crippen LogP contribution in [0, 0.1) is 5.82 Å². The highest BCUT2D eigenvalue weighted by atomic mass is 35.5. The first kappa shape index (κ1) is 15.9. The van der Waals surface area contributed by atoms with Crippen molar-refractivity contribution in [3.63, 3.8) is 0 Å². The Labute approximate surface area is 128 Å². The Morgan fingerprint density at radius 1 is 1.43 bits per heavy atom. The van der Waals surface area contributed by atoms with E-state index in [1.165, 1.54) is 12.4 Å². The zero-order valence-corrected chi connectivity index (χ0v) is 12.6. The van der Waals surface area contributed by atoms with Crippen molar-refractivity contribution in [3.05, 3.63) is 46.8 Å². The molecule has 0 bridgehead atoms. The van der Waals surface area contributed by atoms with E-state index in [1.54, 1.807) is 12.1 Å². The van der Waals surface area contributed by atoms with E-state index in [9.17, 15) is 4.39 Å². The Kier molecular flexibility index (Phi) is 5.67. The molecule has 21 heavy (non-hydrogen) atoms. The van der Waals surface area contributed by atoms with E-state index < -0.39 is 5.82 Å². The topological polar surface area (TPSA) is 68.8 Å². The van der Waals surface area contributed by atoms with Gasteiger partial charge >= 0.3 is 0 Å². The van der Waals surface area contributed by atoms with Gasteiger partial charge in [-0.2, -0.15) is 5.10 Å². The largest absolute Gasteiger partial charge is 0.271 e. The number of aromatic nitrogens is 3. The van der Waals surface area contributed by atoms with Crippen molar-refractivity contribution in [3.8, 4) is 0 Å². The summed E-state index contributed by atoms with van der Waals surface area (Å²) < 4.78 is 15.8. The molecule has 5 nitrogen and oxygen atoms in total. The molecule has 0 fully saturated rings. The number of nitrogens with zero attached hydrogens (tertiary/aromatic N) is 3. The van der Waals surface area contributed by atoms with Gasteiger partial charge in [0.1, 0.15) is 18.0 Å². The van der Waals surface area contributed by atoms with Crippen molar-refractivity contribution in [1.29, 1.82) is 0 Å². The first-order valence-electron chi connectivity index (χ1n) is 6.91. The quantitative estimate of drug-likeness (QED) is 0.607. The average molecular weight is 312 g/mol. The van der Waals surface area contributed by atoms with Crippen molar-refractivity contribution < 1.29 is 4.39 Å². The van der Waals surface area contributed by atoms with Crippen LogP contribution in [0.2, 0.25) is 5.02 Å². The summed E-state index contributed by atoms with van der Waals surface area (Å²) in [6.45, 7) is 2.88. The number of halogens is 2. The standard InChI is InChI=1S/C14H19ClFN5/c1-2-6-21-13(18-9-19-21)8-11(20-17)7-10-4-3-5-12(15)14(10)16/h3-5,9,11,20H,2,6-8,17H2,1H3. The highest BCUT2D eigenvalue weighted by Crippen LogP contribution is 2.19. The van der Waals surface area contributed by atoms with E-state index in [1.807, 2.05) is 4.68 Å². The minimum atomic E-state index is -0.394. The third kappa shape index (κ3) is 4.00. The van der Waals surface area contributed by atoms with E-state index in [-0.39, 0.29) is 11.1 Å². The minimum absolute atomic E-state index is 0.123. The van der Waals surface area contributed by atoms with Crippen LogP contribution in [0.15, 0.2) is 24.5 Å². The number of hydrazine groups is 1. The van der Waals surface area contributed by atoms with Crippen LogP contribution in [-0.4, -0.2) is 20.8 Å². The fourth-order valence-corrected chi connectivity index (χ4v) is 2.42. The molecular weight excluding hydrogens is 293 g/mol. The summed E-state index contributed by atoms with van der Waals surface area (Å²) in [5.74, 6) is 6.03. The van der Waals surface area contributed by atoms with Crippen molar-refractivity contribution in [2.24, 2.45) is 5.84 Å². The molecule has 1 aromatic heterocycles. The number of benzene rings is 1. The molecule has 2 aromatic rings. The number of rotatable bonds is 7. The molecule has 2 rings (SSSR count). The molecule has 1 aromatic carbocycles. The second kappa shape index (κ2) is 7.49. The zero-order valence-electron chi connectivity index (χ0n) is 11.9. The van der Waals surface area contributed by atoms with E-state index in [0.29, 0.717) is 18.4 Å². The summed E-state index contributed by atoms with van der Waals surface area (Å²) in [7, 11) is 0. The second-order valence-corrected chi connectivity index (χ2v) is 5.29. The lowest BCUT2D eigenvalue weighted by atomic mass is 10.0. The van der Waals surface area contributed by atoms with Gasteiger partial charge in [-0.25, -0.2) is 9.37 Å². The van der Waals surface area contributed by atoms with Gasteiger partial charge in [0.15, 0.2) is 0 Å². The Morgan fingerprint density at radius 3 is 2.95 bits per heavy atom. The van der Waals surface area contributed by atoms with Crippen LogP contribution in [0.3, 0.4) is 0 Å². The molecule has 0 saturated carbocycles. The van der Waals surface area contributed by atoms with Crippen LogP contribution in [0.4, 0.5) is 4.39 Å². The monoisotopic (exact) mass is 311 g/mol. The predicted molar refractivity (Wildman–Crippen MR) is 80.2 cm³/mol. The molecule has 0 saturated heterocycles. The molecule has 1 unspecified atom stereocenters. The Hall–Kier alpha value is -1.50. The number of nitrogens with two attached hydrogens (primary N) is 1. The van der Waals surface area contributed by atoms with Crippen LogP contribution in [-0.2, 0) is 19.4 Å². The third-order valence-electron chi connectivity index (χ3n) is 3.29. The van der Waals surface area contributed by atoms with Crippen molar-refractivity contribution in [2.75, 3.05) is 0 Å². The van der Waals surface area contributed by atoms with Crippen LogP contribution < -0.4 is 11.3 Å². The molecule has 3 N–H and O–H groups in total. The van der Waals surface area contributed by atoms with Gasteiger partial charge in [-0.05, 0) is 24.5 Å². The van der Waals surface area contributed by atoms with Gasteiger partial charge in [0.25, 0.3) is 0 Å². The molecule has 7 heteroatoms. The maximum absolute atomic E-state index is 13.9. The first-order valence-corrected chi connectivity index (χ1v) is 7.29. The molecule has 0 spiro atoms. The predicted octanol–water partition coefficient (Wildman–Crippen LogP) is 2.10. The Morgan fingerprint density at radius 2 is 2.24 bits per heavy atom. The van der Waals surface area contributed by atoms with Gasteiger partial charge in [-0.1, -0.05) is 30.7 Å². The van der Waals surface area contributed by atoms with Crippen LogP contribution in [0.1, 0.15) is 24.7 Å². The smallest absolute Gasteiger partial charge is 0.145 e. The molecular formula is C14H19ClFN5. The summed E-state index contributed by atoms with van der Waals surface area (Å²) in [4.78, 5) is 4.24. The summed E-state index contributed by atoms with van der Waals surface area (Å²) >= 11 is 5.80. The third-order valence-corrected chi connectivity index (χ3v) is 3.59. The summed E-state index contributed by atoms with van der Waals surface area (Å²) in [5, 5.41) is 4.30. The molecule has 114 valence electrons. The fraction of sp³-hybridized carbons (Fsp3) is 0.429. The number of nitrogens with one attached hydrogen (secondary N) is 1. The second-order valence-electron chi connectivity index (χ2n) is 4.88. The van der Waals surface area contributed by atoms with E-state index >= 15 is 0 Å². The maximum Gasteiger partial charge on any atom is 0.145 e. The highest BCUT2D eigenvalue weighted by molar-refractivity contribution is 6.30. The maximum atomic E-state index is 13.9. The van der Waals surface area contributed by atoms with E-state index in [0.717, 1.165) is 18.8 Å². The van der Waals surface area contributed by atoms with Crippen LogP contribution in [0.25, 0.3) is 0 Å². The summed E-state index contributed by atoms with van der Waals surface area (Å²) in [6.07, 6.45) is 3.50. The normalized spacial score (nSPS) is 12.6.